The van der Waals surface area contributed by atoms with E-state index in [1.165, 1.54) is 0 Å². The molecule has 0 unspecified atom stereocenters. The van der Waals surface area contributed by atoms with E-state index in [9.17, 15) is 13.6 Å². The number of ether oxygens (including phenoxy) is 2. The first kappa shape index (κ1) is 21.7. The number of benzene rings is 1. The lowest BCUT2D eigenvalue weighted by molar-refractivity contribution is -0.0500. The van der Waals surface area contributed by atoms with Crippen molar-refractivity contribution in [2.75, 3.05) is 31.1 Å². The highest BCUT2D eigenvalue weighted by atomic mass is 19.3. The summed E-state index contributed by atoms with van der Waals surface area (Å²) in [5.41, 5.74) is 1.51. The second-order valence-corrected chi connectivity index (χ2v) is 7.46. The molecule has 0 bridgehead atoms. The first-order valence-corrected chi connectivity index (χ1v) is 9.25. The van der Waals surface area contributed by atoms with Crippen LogP contribution in [0.3, 0.4) is 0 Å². The number of alkyl halides is 2. The van der Waals surface area contributed by atoms with Gasteiger partial charge in [-0.25, -0.2) is 4.79 Å². The Bertz CT molecular complexity index is 734. The van der Waals surface area contributed by atoms with Crippen LogP contribution in [0.25, 0.3) is 5.57 Å². The lowest BCUT2D eigenvalue weighted by Gasteiger charge is -2.37. The Balaban J connectivity index is 2.14. The fraction of sp³-hybridized carbons (Fsp3) is 0.476. The SMILES string of the molecule is C=C/C(=C\C)c1ccc(N2CCN(C(=O)OC(C)(C)C)CC2)cc1OC(F)F. The minimum Gasteiger partial charge on any atom is -0.444 e. The molecule has 28 heavy (non-hydrogen) atoms. The molecular formula is C21H28F2N2O3. The Morgan fingerprint density at radius 1 is 1.21 bits per heavy atom. The lowest BCUT2D eigenvalue weighted by atomic mass is 10.0. The molecule has 1 amide bonds. The predicted molar refractivity (Wildman–Crippen MR) is 107 cm³/mol. The van der Waals surface area contributed by atoms with E-state index in [0.29, 0.717) is 31.7 Å². The summed E-state index contributed by atoms with van der Waals surface area (Å²) in [6, 6.07) is 5.23. The Labute approximate surface area is 165 Å². The molecule has 0 N–H and O–H groups in total. The normalized spacial score (nSPS) is 15.6. The zero-order valence-corrected chi connectivity index (χ0v) is 16.9. The van der Waals surface area contributed by atoms with Crippen LogP contribution in [0, 0.1) is 0 Å². The molecule has 1 fully saturated rings. The topological polar surface area (TPSA) is 42.0 Å². The van der Waals surface area contributed by atoms with Gasteiger partial charge in [0.1, 0.15) is 11.4 Å². The standard InChI is InChI=1S/C21H28F2N2O3/c1-6-15(7-2)17-9-8-16(14-18(17)27-19(22)23)24-10-12-25(13-11-24)20(26)28-21(3,4)5/h6-9,14,19H,1,10-13H2,2-5H3/b15-7+. The van der Waals surface area contributed by atoms with Gasteiger partial charge in [0.25, 0.3) is 0 Å². The van der Waals surface area contributed by atoms with Crippen molar-refractivity contribution in [3.8, 4) is 5.75 Å². The van der Waals surface area contributed by atoms with Crippen LogP contribution in [0.5, 0.6) is 5.75 Å². The molecule has 0 saturated carbocycles. The number of piperazine rings is 1. The minimum atomic E-state index is -2.92. The van der Waals surface area contributed by atoms with E-state index in [0.717, 1.165) is 11.3 Å². The van der Waals surface area contributed by atoms with Gasteiger partial charge >= 0.3 is 12.7 Å². The molecule has 5 nitrogen and oxygen atoms in total. The maximum atomic E-state index is 12.9. The maximum Gasteiger partial charge on any atom is 0.410 e. The van der Waals surface area contributed by atoms with Crippen molar-refractivity contribution in [3.05, 3.63) is 42.5 Å². The van der Waals surface area contributed by atoms with Crippen molar-refractivity contribution < 1.29 is 23.0 Å². The second-order valence-electron chi connectivity index (χ2n) is 7.46. The summed E-state index contributed by atoms with van der Waals surface area (Å²) in [5, 5.41) is 0. The number of carbonyl (C=O) groups is 1. The van der Waals surface area contributed by atoms with E-state index in [1.54, 1.807) is 29.2 Å². The van der Waals surface area contributed by atoms with E-state index in [1.807, 2.05) is 38.7 Å². The van der Waals surface area contributed by atoms with Crippen molar-refractivity contribution in [2.24, 2.45) is 0 Å². The van der Waals surface area contributed by atoms with Crippen LogP contribution in [0.1, 0.15) is 33.3 Å². The van der Waals surface area contributed by atoms with Gasteiger partial charge in [-0.05, 0) is 45.4 Å². The zero-order chi connectivity index (χ0) is 20.9. The number of amides is 1. The van der Waals surface area contributed by atoms with Gasteiger partial charge in [-0.15, -0.1) is 0 Å². The van der Waals surface area contributed by atoms with Crippen LogP contribution in [0.2, 0.25) is 0 Å². The zero-order valence-electron chi connectivity index (χ0n) is 16.9. The van der Waals surface area contributed by atoms with E-state index in [-0.39, 0.29) is 11.8 Å². The highest BCUT2D eigenvalue weighted by Crippen LogP contribution is 2.33. The van der Waals surface area contributed by atoms with Crippen LogP contribution in [-0.2, 0) is 4.74 Å². The van der Waals surface area contributed by atoms with Gasteiger partial charge in [-0.2, -0.15) is 8.78 Å². The average Bonchev–Trinajstić information content (AvgIpc) is 2.62. The third-order valence-corrected chi connectivity index (χ3v) is 4.32. The van der Waals surface area contributed by atoms with Crippen molar-refractivity contribution in [2.45, 2.75) is 39.9 Å². The molecule has 1 heterocycles. The quantitative estimate of drug-likeness (QED) is 0.664. The highest BCUT2D eigenvalue weighted by Gasteiger charge is 2.26. The number of halogens is 2. The summed E-state index contributed by atoms with van der Waals surface area (Å²) in [6.45, 7) is 10.2. The summed E-state index contributed by atoms with van der Waals surface area (Å²) in [4.78, 5) is 15.9. The molecule has 1 aliphatic heterocycles. The minimum absolute atomic E-state index is 0.107. The number of anilines is 1. The first-order valence-electron chi connectivity index (χ1n) is 9.25. The maximum absolute atomic E-state index is 12.9. The molecule has 0 aliphatic carbocycles. The number of nitrogens with zero attached hydrogens (tertiary/aromatic N) is 2. The highest BCUT2D eigenvalue weighted by molar-refractivity contribution is 5.79. The fourth-order valence-corrected chi connectivity index (χ4v) is 3.00. The number of hydrogen-bond donors (Lipinski definition) is 0. The summed E-state index contributed by atoms with van der Waals surface area (Å²) in [5.74, 6) is 0.107. The van der Waals surface area contributed by atoms with Crippen LogP contribution in [-0.4, -0.2) is 49.4 Å². The molecule has 1 aromatic carbocycles. The van der Waals surface area contributed by atoms with Crippen LogP contribution in [0.15, 0.2) is 36.9 Å². The molecule has 0 atom stereocenters. The molecular weight excluding hydrogens is 366 g/mol. The van der Waals surface area contributed by atoms with E-state index >= 15 is 0 Å². The Morgan fingerprint density at radius 2 is 1.86 bits per heavy atom. The predicted octanol–water partition coefficient (Wildman–Crippen LogP) is 4.93. The first-order chi connectivity index (χ1) is 13.1. The monoisotopic (exact) mass is 394 g/mol. The Kier molecular flexibility index (Phi) is 7.05. The van der Waals surface area contributed by atoms with Gasteiger partial charge in [-0.1, -0.05) is 18.7 Å². The molecule has 0 spiro atoms. The van der Waals surface area contributed by atoms with E-state index in [2.05, 4.69) is 6.58 Å². The van der Waals surface area contributed by atoms with E-state index < -0.39 is 12.2 Å². The van der Waals surface area contributed by atoms with Crippen LogP contribution in [0.4, 0.5) is 19.3 Å². The summed E-state index contributed by atoms with van der Waals surface area (Å²) < 4.78 is 35.9. The van der Waals surface area contributed by atoms with Crippen molar-refractivity contribution >= 4 is 17.4 Å². The summed E-state index contributed by atoms with van der Waals surface area (Å²) in [6.07, 6.45) is 3.06. The van der Waals surface area contributed by atoms with Crippen LogP contribution >= 0.6 is 0 Å². The molecule has 0 aromatic heterocycles. The molecule has 154 valence electrons. The van der Waals surface area contributed by atoms with Gasteiger partial charge in [-0.3, -0.25) is 0 Å². The molecule has 1 aromatic rings. The van der Waals surface area contributed by atoms with E-state index in [4.69, 9.17) is 9.47 Å². The van der Waals surface area contributed by atoms with Crippen molar-refractivity contribution in [1.82, 2.24) is 4.90 Å². The Morgan fingerprint density at radius 3 is 2.36 bits per heavy atom. The molecule has 2 rings (SSSR count). The number of allylic oxidation sites excluding steroid dienone is 3. The fourth-order valence-electron chi connectivity index (χ4n) is 3.00. The van der Waals surface area contributed by atoms with Gasteiger partial charge in [0, 0.05) is 43.5 Å². The smallest absolute Gasteiger partial charge is 0.410 e. The molecule has 1 saturated heterocycles. The average molecular weight is 394 g/mol. The van der Waals surface area contributed by atoms with Gasteiger partial charge in [0.15, 0.2) is 0 Å². The van der Waals surface area contributed by atoms with Crippen LogP contribution < -0.4 is 9.64 Å². The second kappa shape index (κ2) is 9.08. The third-order valence-electron chi connectivity index (χ3n) is 4.32. The molecule has 7 heteroatoms. The number of carbonyl (C=O) groups excluding carboxylic acids is 1. The summed E-state index contributed by atoms with van der Waals surface area (Å²) >= 11 is 0. The largest absolute Gasteiger partial charge is 0.444 e. The van der Waals surface area contributed by atoms with Gasteiger partial charge in [0.05, 0.1) is 0 Å². The molecule has 1 aliphatic rings. The van der Waals surface area contributed by atoms with Gasteiger partial charge < -0.3 is 19.3 Å². The Hall–Kier alpha value is -2.57. The van der Waals surface area contributed by atoms with Gasteiger partial charge in [0.2, 0.25) is 0 Å². The molecule has 0 radical (unpaired) electrons. The third kappa shape index (κ3) is 5.71. The van der Waals surface area contributed by atoms with Crippen molar-refractivity contribution in [3.63, 3.8) is 0 Å². The van der Waals surface area contributed by atoms with Crippen molar-refractivity contribution in [1.29, 1.82) is 0 Å². The lowest BCUT2D eigenvalue weighted by Crippen LogP contribution is -2.50. The number of rotatable bonds is 5. The number of hydrogen-bond acceptors (Lipinski definition) is 4. The summed E-state index contributed by atoms with van der Waals surface area (Å²) in [7, 11) is 0.